The van der Waals surface area contributed by atoms with E-state index in [1.165, 1.54) is 11.0 Å². The van der Waals surface area contributed by atoms with E-state index in [0.29, 0.717) is 19.5 Å². The van der Waals surface area contributed by atoms with Gasteiger partial charge in [0.25, 0.3) is 5.91 Å². The van der Waals surface area contributed by atoms with Crippen molar-refractivity contribution in [3.05, 3.63) is 39.7 Å². The summed E-state index contributed by atoms with van der Waals surface area (Å²) < 4.78 is 13.4. The third-order valence-corrected chi connectivity index (χ3v) is 2.65. The molecule has 1 aromatic rings. The van der Waals surface area contributed by atoms with E-state index < -0.39 is 22.3 Å². The first-order valence-electron chi connectivity index (χ1n) is 5.85. The molecule has 1 aromatic carbocycles. The molecule has 6 nitrogen and oxygen atoms in total. The molecule has 0 radical (unpaired) electrons. The van der Waals surface area contributed by atoms with Crippen molar-refractivity contribution in [1.82, 2.24) is 4.90 Å². The van der Waals surface area contributed by atoms with Crippen LogP contribution in [0.25, 0.3) is 0 Å². The van der Waals surface area contributed by atoms with Crippen LogP contribution in [0.3, 0.4) is 0 Å². The Kier molecular flexibility index (Phi) is 5.37. The van der Waals surface area contributed by atoms with Gasteiger partial charge in [-0.05, 0) is 25.5 Å². The first-order chi connectivity index (χ1) is 9.01. The standard InChI is InChI=1S/C12H15FN2O4/c1-2-14(6-3-7-16)12(17)9-4-5-11(15(18)19)10(13)8-9/h4-5,8,16H,2-3,6-7H2,1H3. The van der Waals surface area contributed by atoms with Gasteiger partial charge in [0.05, 0.1) is 4.92 Å². The normalized spacial score (nSPS) is 10.3. The molecule has 0 atom stereocenters. The molecule has 0 fully saturated rings. The van der Waals surface area contributed by atoms with Gasteiger partial charge in [-0.3, -0.25) is 14.9 Å². The number of benzene rings is 1. The zero-order valence-corrected chi connectivity index (χ0v) is 10.5. The molecule has 0 aliphatic carbocycles. The summed E-state index contributed by atoms with van der Waals surface area (Å²) in [6, 6.07) is 3.07. The Morgan fingerprint density at radius 1 is 1.53 bits per heavy atom. The number of nitrogens with zero attached hydrogens (tertiary/aromatic N) is 2. The van der Waals surface area contributed by atoms with E-state index in [1.54, 1.807) is 6.92 Å². The molecule has 7 heteroatoms. The first kappa shape index (κ1) is 15.0. The third kappa shape index (κ3) is 3.72. The summed E-state index contributed by atoms with van der Waals surface area (Å²) >= 11 is 0. The average Bonchev–Trinajstić information content (AvgIpc) is 2.38. The highest BCUT2D eigenvalue weighted by molar-refractivity contribution is 5.94. The van der Waals surface area contributed by atoms with Crippen LogP contribution in [0.4, 0.5) is 10.1 Å². The van der Waals surface area contributed by atoms with E-state index in [0.717, 1.165) is 12.1 Å². The second-order valence-corrected chi connectivity index (χ2v) is 3.89. The van der Waals surface area contributed by atoms with Gasteiger partial charge in [0.2, 0.25) is 5.82 Å². The molecule has 0 aliphatic rings. The number of carbonyl (C=O) groups is 1. The number of aliphatic hydroxyl groups excluding tert-OH is 1. The highest BCUT2D eigenvalue weighted by atomic mass is 19.1. The molecule has 0 aromatic heterocycles. The van der Waals surface area contributed by atoms with Gasteiger partial charge in [-0.2, -0.15) is 4.39 Å². The molecule has 104 valence electrons. The minimum atomic E-state index is -1.03. The Bertz CT molecular complexity index is 479. The van der Waals surface area contributed by atoms with E-state index >= 15 is 0 Å². The zero-order valence-electron chi connectivity index (χ0n) is 10.5. The Morgan fingerprint density at radius 2 is 2.21 bits per heavy atom. The summed E-state index contributed by atoms with van der Waals surface area (Å²) in [4.78, 5) is 23.1. The van der Waals surface area contributed by atoms with Gasteiger partial charge < -0.3 is 10.0 Å². The summed E-state index contributed by atoms with van der Waals surface area (Å²) in [5, 5.41) is 19.2. The van der Waals surface area contributed by atoms with Crippen molar-refractivity contribution >= 4 is 11.6 Å². The monoisotopic (exact) mass is 270 g/mol. The number of rotatable bonds is 6. The zero-order chi connectivity index (χ0) is 14.4. The van der Waals surface area contributed by atoms with Crippen LogP contribution in [0.1, 0.15) is 23.7 Å². The van der Waals surface area contributed by atoms with Crippen molar-refractivity contribution in [3.63, 3.8) is 0 Å². The molecule has 0 heterocycles. The van der Waals surface area contributed by atoms with Crippen LogP contribution >= 0.6 is 0 Å². The topological polar surface area (TPSA) is 83.7 Å². The highest BCUT2D eigenvalue weighted by Gasteiger charge is 2.19. The van der Waals surface area contributed by atoms with E-state index in [4.69, 9.17) is 5.11 Å². The van der Waals surface area contributed by atoms with E-state index in [1.807, 2.05) is 0 Å². The lowest BCUT2D eigenvalue weighted by molar-refractivity contribution is -0.387. The predicted octanol–water partition coefficient (Wildman–Crippen LogP) is 1.58. The molecule has 0 aliphatic heterocycles. The number of nitro groups is 1. The number of amides is 1. The number of hydrogen-bond acceptors (Lipinski definition) is 4. The molecule has 1 rings (SSSR count). The van der Waals surface area contributed by atoms with Crippen molar-refractivity contribution in [3.8, 4) is 0 Å². The number of nitro benzene ring substituents is 1. The van der Waals surface area contributed by atoms with Crippen LogP contribution < -0.4 is 0 Å². The van der Waals surface area contributed by atoms with E-state index in [-0.39, 0.29) is 12.2 Å². The van der Waals surface area contributed by atoms with Gasteiger partial charge in [0.15, 0.2) is 0 Å². The van der Waals surface area contributed by atoms with Gasteiger partial charge in [0.1, 0.15) is 0 Å². The second-order valence-electron chi connectivity index (χ2n) is 3.89. The van der Waals surface area contributed by atoms with Crippen molar-refractivity contribution < 1.29 is 19.2 Å². The number of hydrogen-bond donors (Lipinski definition) is 1. The summed E-state index contributed by atoms with van der Waals surface area (Å²) in [7, 11) is 0. The summed E-state index contributed by atoms with van der Waals surface area (Å²) in [5.41, 5.74) is -0.599. The Morgan fingerprint density at radius 3 is 2.68 bits per heavy atom. The van der Waals surface area contributed by atoms with Crippen LogP contribution in [0, 0.1) is 15.9 Å². The van der Waals surface area contributed by atoms with Crippen molar-refractivity contribution in [2.45, 2.75) is 13.3 Å². The Labute approximate surface area is 109 Å². The Balaban J connectivity index is 2.93. The molecule has 0 unspecified atom stereocenters. The van der Waals surface area contributed by atoms with Gasteiger partial charge in [0, 0.05) is 31.3 Å². The molecule has 1 amide bonds. The van der Waals surface area contributed by atoms with Crippen molar-refractivity contribution in [2.75, 3.05) is 19.7 Å². The van der Waals surface area contributed by atoms with Crippen LogP contribution in [-0.4, -0.2) is 40.5 Å². The van der Waals surface area contributed by atoms with Crippen LogP contribution in [0.5, 0.6) is 0 Å². The van der Waals surface area contributed by atoms with E-state index in [2.05, 4.69) is 0 Å². The molecular formula is C12H15FN2O4. The van der Waals surface area contributed by atoms with Gasteiger partial charge in [-0.25, -0.2) is 0 Å². The van der Waals surface area contributed by atoms with Crippen LogP contribution in [-0.2, 0) is 0 Å². The average molecular weight is 270 g/mol. The molecule has 1 N–H and O–H groups in total. The van der Waals surface area contributed by atoms with Gasteiger partial charge >= 0.3 is 5.69 Å². The van der Waals surface area contributed by atoms with Gasteiger partial charge in [-0.15, -0.1) is 0 Å². The minimum absolute atomic E-state index is 0.0433. The number of halogens is 1. The largest absolute Gasteiger partial charge is 0.396 e. The van der Waals surface area contributed by atoms with E-state index in [9.17, 15) is 19.3 Å². The fourth-order valence-corrected chi connectivity index (χ4v) is 1.64. The lowest BCUT2D eigenvalue weighted by Gasteiger charge is -2.20. The molecule has 0 bridgehead atoms. The SMILES string of the molecule is CCN(CCCO)C(=O)c1ccc([N+](=O)[O-])c(F)c1. The molecule has 0 saturated carbocycles. The summed E-state index contributed by atoms with van der Waals surface area (Å²) in [5.74, 6) is -1.45. The fourth-order valence-electron chi connectivity index (χ4n) is 1.64. The predicted molar refractivity (Wildman–Crippen MR) is 66.3 cm³/mol. The molecular weight excluding hydrogens is 255 g/mol. The lowest BCUT2D eigenvalue weighted by Crippen LogP contribution is -2.32. The minimum Gasteiger partial charge on any atom is -0.396 e. The molecule has 19 heavy (non-hydrogen) atoms. The van der Waals surface area contributed by atoms with Crippen LogP contribution in [0.15, 0.2) is 18.2 Å². The first-order valence-corrected chi connectivity index (χ1v) is 5.85. The number of carbonyl (C=O) groups excluding carboxylic acids is 1. The smallest absolute Gasteiger partial charge is 0.304 e. The molecule has 0 saturated heterocycles. The quantitative estimate of drug-likeness (QED) is 0.628. The highest BCUT2D eigenvalue weighted by Crippen LogP contribution is 2.19. The Hall–Kier alpha value is -2.02. The van der Waals surface area contributed by atoms with Crippen molar-refractivity contribution in [1.29, 1.82) is 0 Å². The lowest BCUT2D eigenvalue weighted by atomic mass is 10.1. The second kappa shape index (κ2) is 6.79. The maximum absolute atomic E-state index is 13.4. The van der Waals surface area contributed by atoms with Crippen LogP contribution in [0.2, 0.25) is 0 Å². The maximum Gasteiger partial charge on any atom is 0.304 e. The summed E-state index contributed by atoms with van der Waals surface area (Å²) in [6.45, 7) is 2.48. The van der Waals surface area contributed by atoms with Crippen molar-refractivity contribution in [2.24, 2.45) is 0 Å². The van der Waals surface area contributed by atoms with Gasteiger partial charge in [-0.1, -0.05) is 0 Å². The number of aliphatic hydroxyl groups is 1. The summed E-state index contributed by atoms with van der Waals surface area (Å²) in [6.07, 6.45) is 0.426. The maximum atomic E-state index is 13.4. The third-order valence-electron chi connectivity index (χ3n) is 2.65. The molecule has 0 spiro atoms. The fraction of sp³-hybridized carbons (Fsp3) is 0.417.